The zero-order chi connectivity index (χ0) is 14.7. The fourth-order valence-electron chi connectivity index (χ4n) is 1.91. The van der Waals surface area contributed by atoms with Gasteiger partial charge in [-0.05, 0) is 24.5 Å². The molecule has 0 aliphatic carbocycles. The summed E-state index contributed by atoms with van der Waals surface area (Å²) in [5.74, 6) is -1.26. The Morgan fingerprint density at radius 3 is 2.70 bits per heavy atom. The van der Waals surface area contributed by atoms with E-state index < -0.39 is 11.8 Å². The molecule has 0 aliphatic heterocycles. The third-order valence-corrected chi connectivity index (χ3v) is 2.98. The van der Waals surface area contributed by atoms with E-state index in [1.807, 2.05) is 0 Å². The van der Waals surface area contributed by atoms with Gasteiger partial charge in [0, 0.05) is 12.1 Å². The third-order valence-electron chi connectivity index (χ3n) is 2.98. The number of carboxylic acids is 1. The zero-order valence-corrected chi connectivity index (χ0v) is 11.4. The quantitative estimate of drug-likeness (QED) is 0.912. The van der Waals surface area contributed by atoms with Crippen LogP contribution < -0.4 is 0 Å². The summed E-state index contributed by atoms with van der Waals surface area (Å²) in [6.45, 7) is 4.61. The van der Waals surface area contributed by atoms with E-state index in [-0.39, 0.29) is 17.0 Å². The molecule has 0 atom stereocenters. The molecule has 1 aromatic heterocycles. The molecule has 106 valence electrons. The first-order valence-corrected chi connectivity index (χ1v) is 6.42. The molecule has 20 heavy (non-hydrogen) atoms. The third kappa shape index (κ3) is 2.84. The standard InChI is InChI=1S/C14H16FN3O2/c1-9(2)7-8-18-13(12(14(19)20)16-17-18)10-5-3-4-6-11(10)15/h3-6,9H,7-8H2,1-2H3,(H,19,20). The van der Waals surface area contributed by atoms with E-state index in [2.05, 4.69) is 24.2 Å². The molecule has 1 heterocycles. The predicted octanol–water partition coefficient (Wildman–Crippen LogP) is 2.83. The van der Waals surface area contributed by atoms with Crippen LogP contribution in [0.3, 0.4) is 0 Å². The molecule has 6 heteroatoms. The summed E-state index contributed by atoms with van der Waals surface area (Å²) in [6, 6.07) is 6.04. The first-order valence-electron chi connectivity index (χ1n) is 6.42. The number of hydrogen-bond acceptors (Lipinski definition) is 3. The van der Waals surface area contributed by atoms with Gasteiger partial charge >= 0.3 is 5.97 Å². The van der Waals surface area contributed by atoms with Crippen molar-refractivity contribution in [2.45, 2.75) is 26.8 Å². The monoisotopic (exact) mass is 277 g/mol. The van der Waals surface area contributed by atoms with Gasteiger partial charge in [-0.2, -0.15) is 0 Å². The number of hydrogen-bond donors (Lipinski definition) is 1. The highest BCUT2D eigenvalue weighted by atomic mass is 19.1. The molecule has 0 spiro atoms. The van der Waals surface area contributed by atoms with Gasteiger partial charge in [0.1, 0.15) is 11.5 Å². The van der Waals surface area contributed by atoms with E-state index in [4.69, 9.17) is 0 Å². The van der Waals surface area contributed by atoms with Crippen LogP contribution >= 0.6 is 0 Å². The molecule has 1 N–H and O–H groups in total. The average molecular weight is 277 g/mol. The van der Waals surface area contributed by atoms with Gasteiger partial charge in [-0.25, -0.2) is 13.9 Å². The highest BCUT2D eigenvalue weighted by Crippen LogP contribution is 2.25. The lowest BCUT2D eigenvalue weighted by atomic mass is 10.1. The Labute approximate surface area is 116 Å². The second kappa shape index (κ2) is 5.81. The summed E-state index contributed by atoms with van der Waals surface area (Å²) < 4.78 is 15.4. The smallest absolute Gasteiger partial charge is 0.358 e. The van der Waals surface area contributed by atoms with E-state index in [9.17, 15) is 14.3 Å². The summed E-state index contributed by atoms with van der Waals surface area (Å²) in [5.41, 5.74) is 0.203. The molecule has 0 saturated carbocycles. The predicted molar refractivity (Wildman–Crippen MR) is 71.8 cm³/mol. The lowest BCUT2D eigenvalue weighted by Gasteiger charge is -2.09. The molecule has 1 aromatic carbocycles. The lowest BCUT2D eigenvalue weighted by molar-refractivity contribution is 0.0691. The Balaban J connectivity index is 2.50. The molecule has 2 aromatic rings. The summed E-state index contributed by atoms with van der Waals surface area (Å²) >= 11 is 0. The number of carboxylic acid groups (broad SMARTS) is 1. The average Bonchev–Trinajstić information content (AvgIpc) is 2.80. The Hall–Kier alpha value is -2.24. The second-order valence-electron chi connectivity index (χ2n) is 4.98. The fraction of sp³-hybridized carbons (Fsp3) is 0.357. The molecule has 0 saturated heterocycles. The summed E-state index contributed by atoms with van der Waals surface area (Å²) in [5, 5.41) is 16.7. The minimum absolute atomic E-state index is 0.207. The van der Waals surface area contributed by atoms with Crippen LogP contribution in [0, 0.1) is 11.7 Å². The van der Waals surface area contributed by atoms with Gasteiger partial charge in [0.15, 0.2) is 5.69 Å². The van der Waals surface area contributed by atoms with Gasteiger partial charge < -0.3 is 5.11 Å². The van der Waals surface area contributed by atoms with Crippen LogP contribution in [-0.2, 0) is 6.54 Å². The largest absolute Gasteiger partial charge is 0.476 e. The van der Waals surface area contributed by atoms with Crippen LogP contribution in [0.4, 0.5) is 4.39 Å². The van der Waals surface area contributed by atoms with E-state index in [0.717, 1.165) is 6.42 Å². The van der Waals surface area contributed by atoms with Crippen LogP contribution in [0.25, 0.3) is 11.3 Å². The number of aromatic nitrogens is 3. The van der Waals surface area contributed by atoms with Gasteiger partial charge in [0.25, 0.3) is 0 Å². The van der Waals surface area contributed by atoms with Gasteiger partial charge in [-0.15, -0.1) is 5.10 Å². The van der Waals surface area contributed by atoms with Crippen molar-refractivity contribution in [2.75, 3.05) is 0 Å². The summed E-state index contributed by atoms with van der Waals surface area (Å²) in [7, 11) is 0. The number of aryl methyl sites for hydroxylation is 1. The number of rotatable bonds is 5. The number of benzene rings is 1. The van der Waals surface area contributed by atoms with Crippen molar-refractivity contribution >= 4 is 5.97 Å². The Bertz CT molecular complexity index is 623. The SMILES string of the molecule is CC(C)CCn1nnc(C(=O)O)c1-c1ccccc1F. The van der Waals surface area contributed by atoms with Crippen LogP contribution in [0.15, 0.2) is 24.3 Å². The molecule has 5 nitrogen and oxygen atoms in total. The van der Waals surface area contributed by atoms with Crippen molar-refractivity contribution in [3.63, 3.8) is 0 Å². The maximum absolute atomic E-state index is 13.9. The molecular weight excluding hydrogens is 261 g/mol. The topological polar surface area (TPSA) is 68.0 Å². The van der Waals surface area contributed by atoms with E-state index in [1.54, 1.807) is 12.1 Å². The van der Waals surface area contributed by atoms with Gasteiger partial charge in [-0.1, -0.05) is 31.2 Å². The van der Waals surface area contributed by atoms with Gasteiger partial charge in [0.2, 0.25) is 0 Å². The van der Waals surface area contributed by atoms with E-state index in [0.29, 0.717) is 12.5 Å². The van der Waals surface area contributed by atoms with Crippen LogP contribution in [-0.4, -0.2) is 26.1 Å². The molecule has 0 unspecified atom stereocenters. The minimum atomic E-state index is -1.21. The van der Waals surface area contributed by atoms with Crippen LogP contribution in [0.5, 0.6) is 0 Å². The molecule has 0 aliphatic rings. The van der Waals surface area contributed by atoms with Gasteiger partial charge in [0.05, 0.1) is 0 Å². The van der Waals surface area contributed by atoms with Gasteiger partial charge in [-0.3, -0.25) is 0 Å². The van der Waals surface area contributed by atoms with Crippen molar-refractivity contribution in [1.82, 2.24) is 15.0 Å². The highest BCUT2D eigenvalue weighted by molar-refractivity contribution is 5.92. The molecule has 0 radical (unpaired) electrons. The number of nitrogens with zero attached hydrogens (tertiary/aromatic N) is 3. The number of carbonyl (C=O) groups is 1. The fourth-order valence-corrected chi connectivity index (χ4v) is 1.91. The maximum atomic E-state index is 13.9. The minimum Gasteiger partial charge on any atom is -0.476 e. The Kier molecular flexibility index (Phi) is 4.12. The summed E-state index contributed by atoms with van der Waals surface area (Å²) in [6.07, 6.45) is 0.809. The number of aromatic carboxylic acids is 1. The molecule has 0 amide bonds. The van der Waals surface area contributed by atoms with E-state index >= 15 is 0 Å². The lowest BCUT2D eigenvalue weighted by Crippen LogP contribution is -2.07. The Morgan fingerprint density at radius 2 is 2.10 bits per heavy atom. The number of halogens is 1. The first-order chi connectivity index (χ1) is 9.50. The van der Waals surface area contributed by atoms with Crippen molar-refractivity contribution in [3.05, 3.63) is 35.8 Å². The molecule has 2 rings (SSSR count). The van der Waals surface area contributed by atoms with E-state index in [1.165, 1.54) is 16.8 Å². The normalized spacial score (nSPS) is 11.0. The zero-order valence-electron chi connectivity index (χ0n) is 11.4. The maximum Gasteiger partial charge on any atom is 0.358 e. The molecule has 0 fully saturated rings. The second-order valence-corrected chi connectivity index (χ2v) is 4.98. The van der Waals surface area contributed by atoms with Crippen molar-refractivity contribution in [1.29, 1.82) is 0 Å². The van der Waals surface area contributed by atoms with Crippen molar-refractivity contribution in [3.8, 4) is 11.3 Å². The first kappa shape index (κ1) is 14.2. The Morgan fingerprint density at radius 1 is 1.40 bits per heavy atom. The van der Waals surface area contributed by atoms with Crippen molar-refractivity contribution < 1.29 is 14.3 Å². The van der Waals surface area contributed by atoms with Crippen LogP contribution in [0.1, 0.15) is 30.8 Å². The molecule has 0 bridgehead atoms. The highest BCUT2D eigenvalue weighted by Gasteiger charge is 2.22. The summed E-state index contributed by atoms with van der Waals surface area (Å²) in [4.78, 5) is 11.2. The van der Waals surface area contributed by atoms with Crippen LogP contribution in [0.2, 0.25) is 0 Å². The molecular formula is C14H16FN3O2. The van der Waals surface area contributed by atoms with Crippen molar-refractivity contribution in [2.24, 2.45) is 5.92 Å².